The van der Waals surface area contributed by atoms with Gasteiger partial charge in [-0.1, -0.05) is 11.6 Å². The first kappa shape index (κ1) is 11.0. The van der Waals surface area contributed by atoms with Crippen LogP contribution in [0, 0.1) is 0 Å². The van der Waals surface area contributed by atoms with Gasteiger partial charge in [-0.2, -0.15) is 0 Å². The zero-order valence-corrected chi connectivity index (χ0v) is 9.85. The highest BCUT2D eigenvalue weighted by molar-refractivity contribution is 7.99. The Morgan fingerprint density at radius 2 is 2.53 bits per heavy atom. The van der Waals surface area contributed by atoms with Crippen LogP contribution in [0.25, 0.3) is 0 Å². The summed E-state index contributed by atoms with van der Waals surface area (Å²) in [6.45, 7) is 0.883. The third-order valence-electron chi connectivity index (χ3n) is 2.26. The van der Waals surface area contributed by atoms with Gasteiger partial charge in [0.1, 0.15) is 5.03 Å². The third-order valence-corrected chi connectivity index (χ3v) is 3.80. The number of rotatable bonds is 3. The molecule has 5 heteroatoms. The SMILES string of the molecule is Nc1cnc(SCC2CCCO2)c(Cl)c1. The van der Waals surface area contributed by atoms with Gasteiger partial charge in [0.25, 0.3) is 0 Å². The number of anilines is 1. The van der Waals surface area contributed by atoms with E-state index in [1.807, 2.05) is 0 Å². The zero-order chi connectivity index (χ0) is 10.7. The van der Waals surface area contributed by atoms with E-state index in [0.29, 0.717) is 16.8 Å². The minimum absolute atomic E-state index is 0.352. The highest BCUT2D eigenvalue weighted by Crippen LogP contribution is 2.28. The number of nitrogens with two attached hydrogens (primary N) is 1. The summed E-state index contributed by atoms with van der Waals surface area (Å²) in [5, 5.41) is 1.46. The van der Waals surface area contributed by atoms with Crippen molar-refractivity contribution in [2.45, 2.75) is 24.0 Å². The Hall–Kier alpha value is -0.450. The van der Waals surface area contributed by atoms with Crippen LogP contribution in [0.2, 0.25) is 5.02 Å². The summed E-state index contributed by atoms with van der Waals surface area (Å²) in [7, 11) is 0. The van der Waals surface area contributed by atoms with Gasteiger partial charge < -0.3 is 10.5 Å². The maximum atomic E-state index is 6.01. The molecule has 0 aliphatic carbocycles. The molecule has 2 N–H and O–H groups in total. The number of halogens is 1. The van der Waals surface area contributed by atoms with Crippen LogP contribution in [0.4, 0.5) is 5.69 Å². The molecular formula is C10H13ClN2OS. The first-order valence-corrected chi connectivity index (χ1v) is 6.27. The molecule has 1 atom stereocenters. The molecular weight excluding hydrogens is 232 g/mol. The fraction of sp³-hybridized carbons (Fsp3) is 0.500. The second kappa shape index (κ2) is 5.05. The van der Waals surface area contributed by atoms with Crippen LogP contribution in [-0.4, -0.2) is 23.4 Å². The quantitative estimate of drug-likeness (QED) is 0.831. The van der Waals surface area contributed by atoms with Crippen molar-refractivity contribution in [1.82, 2.24) is 4.98 Å². The van der Waals surface area contributed by atoms with Crippen LogP contribution in [0.1, 0.15) is 12.8 Å². The predicted molar refractivity (Wildman–Crippen MR) is 63.4 cm³/mol. The molecule has 2 rings (SSSR count). The highest BCUT2D eigenvalue weighted by atomic mass is 35.5. The Labute approximate surface area is 98.3 Å². The number of nitrogen functional groups attached to an aromatic ring is 1. The molecule has 15 heavy (non-hydrogen) atoms. The van der Waals surface area contributed by atoms with Crippen LogP contribution in [0.5, 0.6) is 0 Å². The monoisotopic (exact) mass is 244 g/mol. The number of thioether (sulfide) groups is 1. The van der Waals surface area contributed by atoms with Gasteiger partial charge in [0.05, 0.1) is 23.0 Å². The first-order chi connectivity index (χ1) is 7.25. The van der Waals surface area contributed by atoms with E-state index in [0.717, 1.165) is 30.2 Å². The molecule has 1 aliphatic heterocycles. The van der Waals surface area contributed by atoms with Gasteiger partial charge in [0.2, 0.25) is 0 Å². The second-order valence-corrected chi connectivity index (χ2v) is 4.92. The lowest BCUT2D eigenvalue weighted by Crippen LogP contribution is -2.08. The standard InChI is InChI=1S/C10H13ClN2OS/c11-9-4-7(12)5-13-10(9)15-6-8-2-1-3-14-8/h4-5,8H,1-3,6,12H2. The first-order valence-electron chi connectivity index (χ1n) is 4.91. The van der Waals surface area contributed by atoms with E-state index in [1.165, 1.54) is 0 Å². The summed E-state index contributed by atoms with van der Waals surface area (Å²) in [5.74, 6) is 0.913. The normalized spacial score (nSPS) is 20.7. The van der Waals surface area contributed by atoms with Crippen molar-refractivity contribution in [2.24, 2.45) is 0 Å². The van der Waals surface area contributed by atoms with Crippen molar-refractivity contribution in [1.29, 1.82) is 0 Å². The molecule has 0 radical (unpaired) electrons. The van der Waals surface area contributed by atoms with Crippen LogP contribution >= 0.6 is 23.4 Å². The Morgan fingerprint density at radius 1 is 1.67 bits per heavy atom. The fourth-order valence-electron chi connectivity index (χ4n) is 1.49. The van der Waals surface area contributed by atoms with Gasteiger partial charge in [-0.05, 0) is 18.9 Å². The second-order valence-electron chi connectivity index (χ2n) is 3.50. The lowest BCUT2D eigenvalue weighted by Gasteiger charge is -2.08. The Balaban J connectivity index is 1.92. The average Bonchev–Trinajstić information content (AvgIpc) is 2.69. The van der Waals surface area contributed by atoms with E-state index in [9.17, 15) is 0 Å². The molecule has 1 aromatic rings. The maximum absolute atomic E-state index is 6.01. The molecule has 1 saturated heterocycles. The summed E-state index contributed by atoms with van der Waals surface area (Å²) in [6, 6.07) is 1.73. The molecule has 0 aromatic carbocycles. The molecule has 3 nitrogen and oxygen atoms in total. The molecule has 1 aliphatic rings. The molecule has 1 fully saturated rings. The van der Waals surface area contributed by atoms with Gasteiger partial charge in [-0.3, -0.25) is 0 Å². The van der Waals surface area contributed by atoms with E-state index in [4.69, 9.17) is 22.1 Å². The molecule has 0 saturated carbocycles. The average molecular weight is 245 g/mol. The van der Waals surface area contributed by atoms with E-state index < -0.39 is 0 Å². The summed E-state index contributed by atoms with van der Waals surface area (Å²) in [5.41, 5.74) is 6.16. The van der Waals surface area contributed by atoms with Crippen LogP contribution in [0.3, 0.4) is 0 Å². The van der Waals surface area contributed by atoms with Crippen molar-refractivity contribution < 1.29 is 4.74 Å². The number of ether oxygens (including phenoxy) is 1. The van der Waals surface area contributed by atoms with Crippen LogP contribution < -0.4 is 5.73 Å². The molecule has 1 aromatic heterocycles. The third kappa shape index (κ3) is 3.00. The Morgan fingerprint density at radius 3 is 3.20 bits per heavy atom. The summed E-state index contributed by atoms with van der Waals surface area (Å²) < 4.78 is 5.52. The number of nitrogens with zero attached hydrogens (tertiary/aromatic N) is 1. The van der Waals surface area contributed by atoms with Crippen molar-refractivity contribution in [3.05, 3.63) is 17.3 Å². The Kier molecular flexibility index (Phi) is 3.72. The fourth-order valence-corrected chi connectivity index (χ4v) is 2.76. The lowest BCUT2D eigenvalue weighted by molar-refractivity contribution is 0.129. The van der Waals surface area contributed by atoms with E-state index >= 15 is 0 Å². The largest absolute Gasteiger partial charge is 0.397 e. The van der Waals surface area contributed by atoms with Gasteiger partial charge in [-0.25, -0.2) is 4.98 Å². The molecule has 0 spiro atoms. The number of hydrogen-bond donors (Lipinski definition) is 1. The van der Waals surface area contributed by atoms with Gasteiger partial charge >= 0.3 is 0 Å². The minimum atomic E-state index is 0.352. The molecule has 2 heterocycles. The van der Waals surface area contributed by atoms with Crippen LogP contribution in [0.15, 0.2) is 17.3 Å². The number of hydrogen-bond acceptors (Lipinski definition) is 4. The van der Waals surface area contributed by atoms with E-state index in [-0.39, 0.29) is 0 Å². The topological polar surface area (TPSA) is 48.1 Å². The van der Waals surface area contributed by atoms with Gasteiger partial charge in [0.15, 0.2) is 0 Å². The number of pyridine rings is 1. The van der Waals surface area contributed by atoms with Crippen molar-refractivity contribution in [3.8, 4) is 0 Å². The maximum Gasteiger partial charge on any atom is 0.115 e. The minimum Gasteiger partial charge on any atom is -0.397 e. The highest BCUT2D eigenvalue weighted by Gasteiger charge is 2.16. The lowest BCUT2D eigenvalue weighted by atomic mass is 10.3. The smallest absolute Gasteiger partial charge is 0.115 e. The van der Waals surface area contributed by atoms with Crippen molar-refractivity contribution in [3.63, 3.8) is 0 Å². The molecule has 0 amide bonds. The van der Waals surface area contributed by atoms with Gasteiger partial charge in [0, 0.05) is 12.4 Å². The Bertz CT molecular complexity index is 342. The van der Waals surface area contributed by atoms with Crippen molar-refractivity contribution in [2.75, 3.05) is 18.1 Å². The van der Waals surface area contributed by atoms with Crippen LogP contribution in [-0.2, 0) is 4.74 Å². The summed E-state index contributed by atoms with van der Waals surface area (Å²) in [4.78, 5) is 4.19. The number of aromatic nitrogens is 1. The molecule has 0 bridgehead atoms. The zero-order valence-electron chi connectivity index (χ0n) is 8.28. The molecule has 1 unspecified atom stereocenters. The van der Waals surface area contributed by atoms with Gasteiger partial charge in [-0.15, -0.1) is 11.8 Å². The van der Waals surface area contributed by atoms with E-state index in [1.54, 1.807) is 24.0 Å². The van der Waals surface area contributed by atoms with Crippen molar-refractivity contribution >= 4 is 29.1 Å². The molecule has 82 valence electrons. The summed E-state index contributed by atoms with van der Waals surface area (Å²) in [6.07, 6.45) is 4.28. The predicted octanol–water partition coefficient (Wildman–Crippen LogP) is 2.59. The summed E-state index contributed by atoms with van der Waals surface area (Å²) >= 11 is 7.64. The van der Waals surface area contributed by atoms with E-state index in [2.05, 4.69) is 4.98 Å².